The van der Waals surface area contributed by atoms with E-state index in [2.05, 4.69) is 22.1 Å². The van der Waals surface area contributed by atoms with Crippen molar-refractivity contribution in [2.45, 2.75) is 32.2 Å². The second-order valence-electron chi connectivity index (χ2n) is 5.83. The summed E-state index contributed by atoms with van der Waals surface area (Å²) >= 11 is 1.40. The number of hydrogen-bond donors (Lipinski definition) is 0. The molecule has 0 bridgehead atoms. The number of hydrogen-bond acceptors (Lipinski definition) is 7. The van der Waals surface area contributed by atoms with Crippen LogP contribution >= 0.6 is 11.3 Å². The van der Waals surface area contributed by atoms with Gasteiger partial charge < -0.3 is 19.6 Å². The lowest BCUT2D eigenvalue weighted by Crippen LogP contribution is -2.36. The zero-order valence-corrected chi connectivity index (χ0v) is 14.0. The van der Waals surface area contributed by atoms with Crippen LogP contribution in [-0.4, -0.2) is 42.2 Å². The van der Waals surface area contributed by atoms with E-state index in [0.29, 0.717) is 17.3 Å². The molecule has 9 nitrogen and oxygen atoms in total. The third kappa shape index (κ3) is 2.33. The molecule has 1 saturated heterocycles. The Morgan fingerprint density at radius 1 is 1.50 bits per heavy atom. The summed E-state index contributed by atoms with van der Waals surface area (Å²) in [6, 6.07) is 0. The number of imidazole rings is 1. The summed E-state index contributed by atoms with van der Waals surface area (Å²) in [5.41, 5.74) is 0. The number of aromatic nitrogens is 5. The number of anilines is 1. The van der Waals surface area contributed by atoms with Gasteiger partial charge in [0.25, 0.3) is 4.96 Å². The van der Waals surface area contributed by atoms with Gasteiger partial charge in [-0.1, -0.05) is 11.3 Å². The fourth-order valence-electron chi connectivity index (χ4n) is 3.35. The molecule has 1 atom stereocenters. The smallest absolute Gasteiger partial charge is 0.358 e. The monoisotopic (exact) mass is 347 g/mol. The van der Waals surface area contributed by atoms with Gasteiger partial charge in [-0.05, 0) is 24.7 Å². The Morgan fingerprint density at radius 3 is 3.17 bits per heavy atom. The van der Waals surface area contributed by atoms with Crippen LogP contribution in [-0.2, 0) is 6.54 Å². The number of piperidine rings is 1. The highest BCUT2D eigenvalue weighted by Gasteiger charge is 2.32. The largest absolute Gasteiger partial charge is 0.373 e. The molecule has 4 rings (SSSR count). The van der Waals surface area contributed by atoms with Gasteiger partial charge in [0.1, 0.15) is 18.3 Å². The maximum Gasteiger partial charge on any atom is 0.373 e. The van der Waals surface area contributed by atoms with Crippen molar-refractivity contribution in [1.29, 1.82) is 0 Å². The summed E-state index contributed by atoms with van der Waals surface area (Å²) in [6.07, 6.45) is 5.39. The molecule has 10 heteroatoms. The first-order chi connectivity index (χ1) is 11.7. The summed E-state index contributed by atoms with van der Waals surface area (Å²) < 4.78 is 3.59. The average Bonchev–Trinajstić information content (AvgIpc) is 3.29. The Kier molecular flexibility index (Phi) is 3.68. The molecule has 0 radical (unpaired) electrons. The molecule has 126 valence electrons. The molecule has 0 N–H and O–H groups in total. The second kappa shape index (κ2) is 5.86. The highest BCUT2D eigenvalue weighted by atomic mass is 32.1. The van der Waals surface area contributed by atoms with Gasteiger partial charge in [0.15, 0.2) is 0 Å². The van der Waals surface area contributed by atoms with E-state index in [0.717, 1.165) is 31.8 Å². The molecule has 3 aromatic rings. The van der Waals surface area contributed by atoms with Gasteiger partial charge in [-0.25, -0.2) is 0 Å². The van der Waals surface area contributed by atoms with Gasteiger partial charge in [0.2, 0.25) is 5.82 Å². The summed E-state index contributed by atoms with van der Waals surface area (Å²) in [6.45, 7) is 4.31. The molecular weight excluding hydrogens is 330 g/mol. The van der Waals surface area contributed by atoms with Crippen molar-refractivity contribution in [2.75, 3.05) is 18.0 Å². The Morgan fingerprint density at radius 2 is 2.38 bits per heavy atom. The maximum atomic E-state index is 11.5. The predicted octanol–water partition coefficient (Wildman–Crippen LogP) is 2.30. The average molecular weight is 347 g/mol. The number of thiazole rings is 1. The number of fused-ring (bicyclic) bond motifs is 1. The van der Waals surface area contributed by atoms with Gasteiger partial charge in [-0.2, -0.15) is 9.38 Å². The van der Waals surface area contributed by atoms with Crippen LogP contribution in [0.3, 0.4) is 0 Å². The van der Waals surface area contributed by atoms with Gasteiger partial charge in [0.05, 0.1) is 0 Å². The first kappa shape index (κ1) is 15.1. The van der Waals surface area contributed by atoms with E-state index in [9.17, 15) is 10.1 Å². The predicted molar refractivity (Wildman–Crippen MR) is 89.6 cm³/mol. The molecule has 0 aliphatic carbocycles. The molecule has 0 saturated carbocycles. The standard InChI is InChI=1S/C14H17N7O2S/c1-2-18-9-15-17-11(18)10-4-3-5-19(8-10)12-13(21(22)23)20-6-7-24-14(20)16-12/h6-7,9-10H,2-5,8H2,1H3/t10-/m1/s1. The molecule has 4 heterocycles. The van der Waals surface area contributed by atoms with Crippen molar-refractivity contribution in [1.82, 2.24) is 24.1 Å². The lowest BCUT2D eigenvalue weighted by atomic mass is 9.97. The molecule has 1 fully saturated rings. The highest BCUT2D eigenvalue weighted by molar-refractivity contribution is 7.15. The van der Waals surface area contributed by atoms with E-state index >= 15 is 0 Å². The quantitative estimate of drug-likeness (QED) is 0.531. The van der Waals surface area contributed by atoms with Crippen LogP contribution in [0.25, 0.3) is 4.96 Å². The van der Waals surface area contributed by atoms with Crippen LogP contribution in [0.5, 0.6) is 0 Å². The molecule has 0 amide bonds. The molecule has 0 unspecified atom stereocenters. The normalized spacial score (nSPS) is 18.4. The Hall–Kier alpha value is -2.49. The molecule has 0 aromatic carbocycles. The first-order valence-electron chi connectivity index (χ1n) is 7.91. The molecule has 1 aliphatic heterocycles. The van der Waals surface area contributed by atoms with E-state index in [-0.39, 0.29) is 16.7 Å². The van der Waals surface area contributed by atoms with Crippen LogP contribution in [0.2, 0.25) is 0 Å². The van der Waals surface area contributed by atoms with Crippen molar-refractivity contribution in [3.63, 3.8) is 0 Å². The van der Waals surface area contributed by atoms with Crippen LogP contribution in [0, 0.1) is 10.1 Å². The number of aryl methyl sites for hydroxylation is 1. The molecule has 3 aromatic heterocycles. The molecule has 0 spiro atoms. The van der Waals surface area contributed by atoms with E-state index in [1.807, 2.05) is 14.8 Å². The number of rotatable bonds is 4. The molecular formula is C14H17N7O2S. The van der Waals surface area contributed by atoms with Gasteiger partial charge >= 0.3 is 5.82 Å². The fraction of sp³-hybridized carbons (Fsp3) is 0.500. The minimum Gasteiger partial charge on any atom is -0.358 e. The zero-order chi connectivity index (χ0) is 16.7. The third-order valence-electron chi connectivity index (χ3n) is 4.46. The van der Waals surface area contributed by atoms with Crippen molar-refractivity contribution >= 4 is 27.9 Å². The van der Waals surface area contributed by atoms with E-state index < -0.39 is 0 Å². The van der Waals surface area contributed by atoms with Gasteiger partial charge in [0, 0.05) is 30.9 Å². The van der Waals surface area contributed by atoms with Crippen LogP contribution < -0.4 is 4.90 Å². The fourth-order valence-corrected chi connectivity index (χ4v) is 4.05. The third-order valence-corrected chi connectivity index (χ3v) is 5.22. The molecule has 1 aliphatic rings. The van der Waals surface area contributed by atoms with Crippen LogP contribution in [0.15, 0.2) is 17.9 Å². The second-order valence-corrected chi connectivity index (χ2v) is 6.71. The van der Waals surface area contributed by atoms with E-state index in [4.69, 9.17) is 0 Å². The lowest BCUT2D eigenvalue weighted by Gasteiger charge is -2.32. The van der Waals surface area contributed by atoms with Crippen LogP contribution in [0.4, 0.5) is 11.6 Å². The minimum atomic E-state index is -0.347. The molecule has 24 heavy (non-hydrogen) atoms. The van der Waals surface area contributed by atoms with Gasteiger partial charge in [-0.3, -0.25) is 0 Å². The lowest BCUT2D eigenvalue weighted by molar-refractivity contribution is -0.389. The summed E-state index contributed by atoms with van der Waals surface area (Å²) in [4.78, 5) is 18.4. The van der Waals surface area contributed by atoms with Crippen molar-refractivity contribution < 1.29 is 4.92 Å². The summed E-state index contributed by atoms with van der Waals surface area (Å²) in [7, 11) is 0. The van der Waals surface area contributed by atoms with Crippen LogP contribution in [0.1, 0.15) is 31.5 Å². The van der Waals surface area contributed by atoms with Crippen molar-refractivity contribution in [2.24, 2.45) is 0 Å². The maximum absolute atomic E-state index is 11.5. The Balaban J connectivity index is 1.68. The van der Waals surface area contributed by atoms with Gasteiger partial charge in [-0.15, -0.1) is 10.2 Å². The van der Waals surface area contributed by atoms with E-state index in [1.54, 1.807) is 16.9 Å². The SMILES string of the molecule is CCn1cnnc1[C@@H]1CCCN(c2nc3sccn3c2[N+](=O)[O-])C1. The number of nitro groups is 1. The summed E-state index contributed by atoms with van der Waals surface area (Å²) in [5.74, 6) is 1.66. The summed E-state index contributed by atoms with van der Waals surface area (Å²) in [5, 5.41) is 21.6. The Bertz CT molecular complexity index is 883. The zero-order valence-electron chi connectivity index (χ0n) is 13.2. The minimum absolute atomic E-state index is 0.0452. The van der Waals surface area contributed by atoms with Crippen molar-refractivity contribution in [3.05, 3.63) is 33.8 Å². The topological polar surface area (TPSA) is 94.4 Å². The van der Waals surface area contributed by atoms with Crippen molar-refractivity contribution in [3.8, 4) is 0 Å². The van der Waals surface area contributed by atoms with E-state index in [1.165, 1.54) is 11.3 Å². The highest BCUT2D eigenvalue weighted by Crippen LogP contribution is 2.35. The Labute approximate surface area is 141 Å². The first-order valence-corrected chi connectivity index (χ1v) is 8.79. The number of nitrogens with zero attached hydrogens (tertiary/aromatic N) is 7.